The Labute approximate surface area is 295 Å². The number of fused-ring (bicyclic) bond motifs is 1. The summed E-state index contributed by atoms with van der Waals surface area (Å²) in [5.74, 6) is -2.12. The van der Waals surface area contributed by atoms with E-state index < -0.39 is 91.6 Å². The third-order valence-corrected chi connectivity index (χ3v) is 10.8. The molecule has 3 heterocycles. The average molecular weight is 723 g/mol. The van der Waals surface area contributed by atoms with Gasteiger partial charge in [0.15, 0.2) is 6.29 Å². The van der Waals surface area contributed by atoms with Crippen LogP contribution in [0.15, 0.2) is 50.7 Å². The van der Waals surface area contributed by atoms with Gasteiger partial charge >= 0.3 is 11.6 Å². The number of hydrogen-bond acceptors (Lipinski definition) is 15. The number of ether oxygens (including phenoxy) is 5. The molecule has 2 aliphatic heterocycles. The number of esters is 1. The van der Waals surface area contributed by atoms with Gasteiger partial charge in [-0.1, -0.05) is 25.0 Å². The first-order chi connectivity index (χ1) is 24.1. The third kappa shape index (κ3) is 8.03. The van der Waals surface area contributed by atoms with Crippen LogP contribution in [0, 0.1) is 17.3 Å². The van der Waals surface area contributed by atoms with Crippen LogP contribution in [0.1, 0.15) is 53.4 Å². The third-order valence-electron chi connectivity index (χ3n) is 10.8. The lowest BCUT2D eigenvalue weighted by Crippen LogP contribution is -2.62. The number of allylic oxidation sites excluding steroid dienone is 2. The van der Waals surface area contributed by atoms with Crippen LogP contribution in [-0.2, 0) is 23.7 Å². The number of benzene rings is 1. The van der Waals surface area contributed by atoms with Gasteiger partial charge in [-0.15, -0.1) is 0 Å². The second-order valence-electron chi connectivity index (χ2n) is 14.3. The van der Waals surface area contributed by atoms with Crippen molar-refractivity contribution >= 4 is 16.9 Å². The number of rotatable bonds is 12. The molecule has 0 spiro atoms. The summed E-state index contributed by atoms with van der Waals surface area (Å²) in [5, 5.41) is 72.6. The van der Waals surface area contributed by atoms with E-state index in [0.717, 1.165) is 23.8 Å². The Morgan fingerprint density at radius 2 is 1.69 bits per heavy atom. The molecule has 0 amide bonds. The molecule has 0 bridgehead atoms. The predicted octanol–water partition coefficient (Wildman–Crippen LogP) is 0.510. The zero-order valence-corrected chi connectivity index (χ0v) is 29.2. The van der Waals surface area contributed by atoms with E-state index in [4.69, 9.17) is 28.1 Å². The fraction of sp³-hybridized carbons (Fsp3) is 0.667. The van der Waals surface area contributed by atoms with Gasteiger partial charge in [-0.25, -0.2) is 4.79 Å². The first-order valence-corrected chi connectivity index (χ1v) is 17.3. The van der Waals surface area contributed by atoms with Crippen molar-refractivity contribution in [2.45, 2.75) is 108 Å². The van der Waals surface area contributed by atoms with Crippen molar-refractivity contribution in [1.82, 2.24) is 0 Å². The van der Waals surface area contributed by atoms with Crippen molar-refractivity contribution in [1.29, 1.82) is 0 Å². The molecule has 7 N–H and O–H groups in total. The smallest absolute Gasteiger partial charge is 0.336 e. The van der Waals surface area contributed by atoms with Crippen molar-refractivity contribution < 1.29 is 68.6 Å². The van der Waals surface area contributed by atoms with Crippen LogP contribution in [0.3, 0.4) is 0 Å². The van der Waals surface area contributed by atoms with E-state index in [0.29, 0.717) is 24.4 Å². The Balaban J connectivity index is 1.24. The number of aliphatic hydroxyl groups excluding tert-OH is 7. The molecule has 3 fully saturated rings. The quantitative estimate of drug-likeness (QED) is 0.0898. The van der Waals surface area contributed by atoms with E-state index in [9.17, 15) is 45.3 Å². The predicted molar refractivity (Wildman–Crippen MR) is 178 cm³/mol. The van der Waals surface area contributed by atoms with Gasteiger partial charge in [0.1, 0.15) is 67.3 Å². The van der Waals surface area contributed by atoms with Gasteiger partial charge in [-0.3, -0.25) is 4.79 Å². The molecule has 5 rings (SSSR count). The maximum atomic E-state index is 13.2. The number of carbonyl (C=O) groups excluding carboxylic acids is 1. The Bertz CT molecular complexity index is 1600. The molecule has 51 heavy (non-hydrogen) atoms. The second-order valence-corrected chi connectivity index (χ2v) is 14.3. The summed E-state index contributed by atoms with van der Waals surface area (Å²) in [6.45, 7) is 6.45. The molecule has 284 valence electrons. The normalized spacial score (nSPS) is 37.0. The average Bonchev–Trinajstić information content (AvgIpc) is 3.34. The Kier molecular flexibility index (Phi) is 12.3. The van der Waals surface area contributed by atoms with Crippen molar-refractivity contribution in [2.24, 2.45) is 17.3 Å². The molecule has 3 aliphatic rings. The minimum Gasteiger partial charge on any atom is -0.493 e. The summed E-state index contributed by atoms with van der Waals surface area (Å²) in [5.41, 5.74) is 1.91. The highest BCUT2D eigenvalue weighted by atomic mass is 16.8. The van der Waals surface area contributed by atoms with E-state index in [-0.39, 0.29) is 18.3 Å². The Hall–Kier alpha value is -2.96. The Morgan fingerprint density at radius 1 is 0.961 bits per heavy atom. The Morgan fingerprint density at radius 3 is 2.35 bits per heavy atom. The van der Waals surface area contributed by atoms with Crippen molar-refractivity contribution in [2.75, 3.05) is 26.4 Å². The van der Waals surface area contributed by atoms with E-state index in [2.05, 4.69) is 13.8 Å². The van der Waals surface area contributed by atoms with Crippen LogP contribution in [0.2, 0.25) is 0 Å². The molecule has 2 aromatic rings. The van der Waals surface area contributed by atoms with Crippen LogP contribution >= 0.6 is 0 Å². The fourth-order valence-electron chi connectivity index (χ4n) is 7.76. The molecular formula is C36H50O15. The van der Waals surface area contributed by atoms with Gasteiger partial charge in [0.2, 0.25) is 5.79 Å². The van der Waals surface area contributed by atoms with Gasteiger partial charge in [-0.2, -0.15) is 0 Å². The van der Waals surface area contributed by atoms with E-state index in [1.54, 1.807) is 12.1 Å². The molecule has 0 unspecified atom stereocenters. The molecule has 1 saturated carbocycles. The van der Waals surface area contributed by atoms with Crippen LogP contribution in [0.4, 0.5) is 0 Å². The van der Waals surface area contributed by atoms with Gasteiger partial charge in [-0.05, 0) is 62.6 Å². The summed E-state index contributed by atoms with van der Waals surface area (Å²) in [7, 11) is 0. The van der Waals surface area contributed by atoms with Gasteiger partial charge in [0.05, 0.1) is 13.2 Å². The van der Waals surface area contributed by atoms with Gasteiger partial charge in [0, 0.05) is 29.9 Å². The van der Waals surface area contributed by atoms with Crippen LogP contribution in [0.25, 0.3) is 11.0 Å². The molecule has 1 aromatic heterocycles. The zero-order chi connectivity index (χ0) is 37.2. The summed E-state index contributed by atoms with van der Waals surface area (Å²) in [6.07, 6.45) is -11.3. The molecule has 1 aromatic carbocycles. The lowest BCUT2D eigenvalue weighted by atomic mass is 9.58. The van der Waals surface area contributed by atoms with Crippen LogP contribution in [-0.4, -0.2) is 123 Å². The summed E-state index contributed by atoms with van der Waals surface area (Å²) >= 11 is 0. The van der Waals surface area contributed by atoms with Crippen molar-refractivity contribution in [3.63, 3.8) is 0 Å². The van der Waals surface area contributed by atoms with E-state index in [1.165, 1.54) is 11.6 Å². The highest BCUT2D eigenvalue weighted by Gasteiger charge is 2.58. The summed E-state index contributed by atoms with van der Waals surface area (Å²) < 4.78 is 33.6. The number of aliphatic hydroxyl groups is 7. The SMILES string of the molecule is CC(C)=C1CC[C@H](C)[C@@H](COc2ccc3ccc(=O)oc3c2)[C@]1(C)CCC(=O)OC[C@@H]1O[C@H](O[C@]2(CO)O[C@H](CO)[C@H](O)[C@@H]2O)[C@@H](O)[C@H](O)[C@H]1O. The lowest BCUT2D eigenvalue weighted by molar-refractivity contribution is -0.383. The molecule has 15 nitrogen and oxygen atoms in total. The summed E-state index contributed by atoms with van der Waals surface area (Å²) in [6, 6.07) is 8.38. The van der Waals surface area contributed by atoms with Crippen LogP contribution in [0.5, 0.6) is 5.75 Å². The standard InChI is InChI=1S/C36H50O15/c1-18(2)22-9-5-19(3)23(15-46-21-8-6-20-7-10-28(40)48-24(20)13-21)35(22,4)12-11-27(39)47-16-26-29(41)31(43)32(44)34(49-26)51-36(17-38)33(45)30(42)25(14-37)50-36/h6-8,10,13,19,23,25-26,29-34,37-38,41-45H,5,9,11-12,14-17H2,1-4H3/t19-,23+,25+,26-,29-,30-,31+,32-,33-,34+,35+,36-/m0/s1. The molecule has 12 atom stereocenters. The topological polar surface area (TPSA) is 235 Å². The van der Waals surface area contributed by atoms with Crippen LogP contribution < -0.4 is 10.4 Å². The second kappa shape index (κ2) is 16.0. The van der Waals surface area contributed by atoms with Gasteiger partial charge in [0.25, 0.3) is 0 Å². The highest BCUT2D eigenvalue weighted by molar-refractivity contribution is 5.77. The van der Waals surface area contributed by atoms with E-state index >= 15 is 0 Å². The molecular weight excluding hydrogens is 672 g/mol. The fourth-order valence-corrected chi connectivity index (χ4v) is 7.76. The first kappa shape index (κ1) is 39.3. The minimum absolute atomic E-state index is 0.000351. The number of carbonyl (C=O) groups is 1. The van der Waals surface area contributed by atoms with Crippen molar-refractivity contribution in [3.8, 4) is 5.75 Å². The molecule has 15 heteroatoms. The van der Waals surface area contributed by atoms with Crippen molar-refractivity contribution in [3.05, 3.63) is 51.9 Å². The highest BCUT2D eigenvalue weighted by Crippen LogP contribution is 2.52. The molecule has 1 aliphatic carbocycles. The van der Waals surface area contributed by atoms with Gasteiger partial charge < -0.3 is 63.8 Å². The maximum absolute atomic E-state index is 13.2. The first-order valence-electron chi connectivity index (χ1n) is 17.3. The monoisotopic (exact) mass is 722 g/mol. The summed E-state index contributed by atoms with van der Waals surface area (Å²) in [4.78, 5) is 24.9. The largest absolute Gasteiger partial charge is 0.493 e. The number of hydrogen-bond donors (Lipinski definition) is 7. The lowest BCUT2D eigenvalue weighted by Gasteiger charge is -2.48. The molecule has 2 saturated heterocycles. The zero-order valence-electron chi connectivity index (χ0n) is 29.2. The van der Waals surface area contributed by atoms with E-state index in [1.807, 2.05) is 26.0 Å². The maximum Gasteiger partial charge on any atom is 0.336 e. The molecule has 0 radical (unpaired) electrons. The minimum atomic E-state index is -2.33.